The maximum absolute atomic E-state index is 12.4. The average Bonchev–Trinajstić information content (AvgIpc) is 2.99. The number of hydrogen-bond acceptors (Lipinski definition) is 5. The van der Waals surface area contributed by atoms with Crippen LogP contribution in [0.5, 0.6) is 5.75 Å². The molecule has 0 fully saturated rings. The van der Waals surface area contributed by atoms with Crippen LogP contribution in [0.2, 0.25) is 0 Å². The van der Waals surface area contributed by atoms with Gasteiger partial charge in [0.1, 0.15) is 10.8 Å². The fraction of sp³-hybridized carbons (Fsp3) is 0.333. The first-order valence-electron chi connectivity index (χ1n) is 7.87. The molecule has 0 bridgehead atoms. The van der Waals surface area contributed by atoms with Gasteiger partial charge in [-0.05, 0) is 38.5 Å². The maximum Gasteiger partial charge on any atom is 0.341 e. The van der Waals surface area contributed by atoms with Gasteiger partial charge in [0.2, 0.25) is 0 Å². The molecule has 0 spiro atoms. The van der Waals surface area contributed by atoms with Gasteiger partial charge in [0.05, 0.1) is 12.2 Å². The molecule has 0 saturated heterocycles. The molecule has 1 amide bonds. The predicted octanol–water partition coefficient (Wildman–Crippen LogP) is 3.89. The summed E-state index contributed by atoms with van der Waals surface area (Å²) in [5, 5.41) is 3.28. The number of para-hydroxylation sites is 1. The summed E-state index contributed by atoms with van der Waals surface area (Å²) in [6.07, 6.45) is 0.0952. The van der Waals surface area contributed by atoms with Crippen molar-refractivity contribution in [2.75, 3.05) is 11.9 Å². The summed E-state index contributed by atoms with van der Waals surface area (Å²) < 4.78 is 10.7. The lowest BCUT2D eigenvalue weighted by Gasteiger charge is -2.14. The van der Waals surface area contributed by atoms with Crippen LogP contribution < -0.4 is 10.1 Å². The zero-order valence-corrected chi connectivity index (χ0v) is 14.8. The normalized spacial score (nSPS) is 11.6. The third kappa shape index (κ3) is 4.58. The SMILES string of the molecule is CCOC(=O)c1cc(CC)sc1NC(=O)C(C)Oc1ccccc1. The summed E-state index contributed by atoms with van der Waals surface area (Å²) in [4.78, 5) is 25.4. The van der Waals surface area contributed by atoms with Crippen molar-refractivity contribution in [1.82, 2.24) is 0 Å². The molecule has 1 unspecified atom stereocenters. The van der Waals surface area contributed by atoms with Crippen molar-refractivity contribution in [2.45, 2.75) is 33.3 Å². The number of anilines is 1. The Bertz CT molecular complexity index is 696. The lowest BCUT2D eigenvalue weighted by Crippen LogP contribution is -2.30. The van der Waals surface area contributed by atoms with Crippen LogP contribution in [-0.4, -0.2) is 24.6 Å². The van der Waals surface area contributed by atoms with Gasteiger partial charge in [-0.25, -0.2) is 4.79 Å². The molecule has 1 N–H and O–H groups in total. The van der Waals surface area contributed by atoms with Crippen LogP contribution >= 0.6 is 11.3 Å². The number of esters is 1. The molecular formula is C18H21NO4S. The lowest BCUT2D eigenvalue weighted by molar-refractivity contribution is -0.122. The third-order valence-corrected chi connectivity index (χ3v) is 4.48. The molecule has 1 aromatic carbocycles. The number of thiophene rings is 1. The van der Waals surface area contributed by atoms with Gasteiger partial charge in [-0.15, -0.1) is 11.3 Å². The molecule has 2 rings (SSSR count). The van der Waals surface area contributed by atoms with E-state index in [1.807, 2.05) is 25.1 Å². The highest BCUT2D eigenvalue weighted by atomic mass is 32.1. The van der Waals surface area contributed by atoms with E-state index in [1.165, 1.54) is 11.3 Å². The molecule has 5 nitrogen and oxygen atoms in total. The van der Waals surface area contributed by atoms with Crippen molar-refractivity contribution < 1.29 is 19.1 Å². The van der Waals surface area contributed by atoms with Crippen LogP contribution in [0, 0.1) is 0 Å². The number of carbonyl (C=O) groups is 2. The van der Waals surface area contributed by atoms with E-state index in [0.717, 1.165) is 11.3 Å². The van der Waals surface area contributed by atoms with Gasteiger partial charge in [0.25, 0.3) is 5.91 Å². The Morgan fingerprint density at radius 2 is 1.92 bits per heavy atom. The summed E-state index contributed by atoms with van der Waals surface area (Å²) in [6, 6.07) is 10.9. The third-order valence-electron chi connectivity index (χ3n) is 3.29. The highest BCUT2D eigenvalue weighted by molar-refractivity contribution is 7.16. The second-order valence-corrected chi connectivity index (χ2v) is 6.23. The monoisotopic (exact) mass is 347 g/mol. The summed E-state index contributed by atoms with van der Waals surface area (Å²) in [5.74, 6) is -0.125. The topological polar surface area (TPSA) is 64.6 Å². The molecule has 128 valence electrons. The van der Waals surface area contributed by atoms with Gasteiger partial charge in [-0.2, -0.15) is 0 Å². The predicted molar refractivity (Wildman–Crippen MR) is 94.8 cm³/mol. The Labute approximate surface area is 145 Å². The van der Waals surface area contributed by atoms with E-state index in [0.29, 0.717) is 16.3 Å². The number of hydrogen-bond donors (Lipinski definition) is 1. The number of nitrogens with one attached hydrogen (secondary N) is 1. The van der Waals surface area contributed by atoms with Gasteiger partial charge >= 0.3 is 5.97 Å². The van der Waals surface area contributed by atoms with Gasteiger partial charge in [-0.1, -0.05) is 25.1 Å². The standard InChI is InChI=1S/C18H21NO4S/c1-4-14-11-15(18(21)22-5-2)17(24-14)19-16(20)12(3)23-13-9-7-6-8-10-13/h6-12H,4-5H2,1-3H3,(H,19,20). The fourth-order valence-electron chi connectivity index (χ4n) is 2.04. The smallest absolute Gasteiger partial charge is 0.341 e. The number of amides is 1. The minimum absolute atomic E-state index is 0.289. The Kier molecular flexibility index (Phi) is 6.37. The minimum atomic E-state index is -0.686. The van der Waals surface area contributed by atoms with E-state index < -0.39 is 12.1 Å². The molecule has 6 heteroatoms. The van der Waals surface area contributed by atoms with E-state index in [2.05, 4.69) is 5.32 Å². The summed E-state index contributed by atoms with van der Waals surface area (Å²) in [5.41, 5.74) is 0.388. The van der Waals surface area contributed by atoms with Crippen molar-refractivity contribution in [3.05, 3.63) is 46.8 Å². The number of benzene rings is 1. The molecule has 1 heterocycles. The Morgan fingerprint density at radius 1 is 1.21 bits per heavy atom. The molecule has 0 radical (unpaired) electrons. The van der Waals surface area contributed by atoms with Gasteiger partial charge in [0, 0.05) is 4.88 Å². The fourth-order valence-corrected chi connectivity index (χ4v) is 3.03. The van der Waals surface area contributed by atoms with Gasteiger partial charge < -0.3 is 14.8 Å². The van der Waals surface area contributed by atoms with E-state index in [4.69, 9.17) is 9.47 Å². The molecule has 2 aromatic rings. The van der Waals surface area contributed by atoms with E-state index in [9.17, 15) is 9.59 Å². The number of carbonyl (C=O) groups excluding carboxylic acids is 2. The van der Waals surface area contributed by atoms with Crippen molar-refractivity contribution in [3.63, 3.8) is 0 Å². The van der Waals surface area contributed by atoms with E-state index in [1.54, 1.807) is 32.0 Å². The highest BCUT2D eigenvalue weighted by Gasteiger charge is 2.21. The van der Waals surface area contributed by atoms with Gasteiger partial charge in [0.15, 0.2) is 6.10 Å². The lowest BCUT2D eigenvalue weighted by atomic mass is 10.2. The van der Waals surface area contributed by atoms with Crippen LogP contribution in [0.4, 0.5) is 5.00 Å². The summed E-state index contributed by atoms with van der Waals surface area (Å²) in [7, 11) is 0. The quantitative estimate of drug-likeness (QED) is 0.772. The van der Waals surface area contributed by atoms with Crippen LogP contribution in [-0.2, 0) is 16.0 Å². The number of rotatable bonds is 7. The van der Waals surface area contributed by atoms with Crippen molar-refractivity contribution >= 4 is 28.2 Å². The first-order valence-corrected chi connectivity index (χ1v) is 8.69. The molecule has 0 aliphatic carbocycles. The molecule has 24 heavy (non-hydrogen) atoms. The van der Waals surface area contributed by atoms with Crippen molar-refractivity contribution in [1.29, 1.82) is 0 Å². The zero-order valence-electron chi connectivity index (χ0n) is 14.0. The van der Waals surface area contributed by atoms with Crippen LogP contribution in [0.15, 0.2) is 36.4 Å². The molecule has 0 aliphatic rings. The van der Waals surface area contributed by atoms with E-state index >= 15 is 0 Å². The minimum Gasteiger partial charge on any atom is -0.481 e. The highest BCUT2D eigenvalue weighted by Crippen LogP contribution is 2.29. The Morgan fingerprint density at radius 3 is 2.54 bits per heavy atom. The number of aryl methyl sites for hydroxylation is 1. The first kappa shape index (κ1) is 18.0. The molecular weight excluding hydrogens is 326 g/mol. The molecule has 0 aliphatic heterocycles. The first-order chi connectivity index (χ1) is 11.5. The summed E-state index contributed by atoms with van der Waals surface area (Å²) in [6.45, 7) is 5.70. The second-order valence-electron chi connectivity index (χ2n) is 5.09. The van der Waals surface area contributed by atoms with Gasteiger partial charge in [-0.3, -0.25) is 4.79 Å². The van der Waals surface area contributed by atoms with Crippen LogP contribution in [0.1, 0.15) is 36.0 Å². The molecule has 1 aromatic heterocycles. The Balaban J connectivity index is 2.10. The second kappa shape index (κ2) is 8.49. The Hall–Kier alpha value is -2.34. The van der Waals surface area contributed by atoms with Crippen molar-refractivity contribution in [3.8, 4) is 5.75 Å². The maximum atomic E-state index is 12.4. The number of ether oxygens (including phenoxy) is 2. The summed E-state index contributed by atoms with van der Waals surface area (Å²) >= 11 is 1.38. The van der Waals surface area contributed by atoms with Crippen LogP contribution in [0.25, 0.3) is 0 Å². The average molecular weight is 347 g/mol. The van der Waals surface area contributed by atoms with Crippen LogP contribution in [0.3, 0.4) is 0 Å². The van der Waals surface area contributed by atoms with E-state index in [-0.39, 0.29) is 12.5 Å². The zero-order chi connectivity index (χ0) is 17.5. The molecule has 0 saturated carbocycles. The van der Waals surface area contributed by atoms with Crippen molar-refractivity contribution in [2.24, 2.45) is 0 Å². The molecule has 1 atom stereocenters. The largest absolute Gasteiger partial charge is 0.481 e.